The molecule has 0 aromatic heterocycles. The van der Waals surface area contributed by atoms with Gasteiger partial charge in [0, 0.05) is 0 Å². The number of phenols is 1. The smallest absolute Gasteiger partial charge is 0.121 e. The number of aromatic hydroxyl groups is 1. The quantitative estimate of drug-likeness (QED) is 0.520. The molecule has 2 unspecified atom stereocenters. The van der Waals surface area contributed by atoms with Crippen molar-refractivity contribution in [2.24, 2.45) is 22.7 Å². The van der Waals surface area contributed by atoms with E-state index in [1.54, 1.807) is 0 Å². The van der Waals surface area contributed by atoms with Crippen LogP contribution in [0.1, 0.15) is 92.2 Å². The summed E-state index contributed by atoms with van der Waals surface area (Å²) < 4.78 is 0. The minimum absolute atomic E-state index is 0.272. The number of para-hydroxylation sites is 1. The van der Waals surface area contributed by atoms with Gasteiger partial charge >= 0.3 is 0 Å². The molecule has 0 saturated carbocycles. The lowest BCUT2D eigenvalue weighted by Gasteiger charge is -2.32. The Morgan fingerprint density at radius 3 is 1.40 bits per heavy atom. The van der Waals surface area contributed by atoms with Gasteiger partial charge < -0.3 is 5.11 Å². The van der Waals surface area contributed by atoms with Gasteiger partial charge in [-0.1, -0.05) is 86.4 Å². The van der Waals surface area contributed by atoms with Gasteiger partial charge in [0.15, 0.2) is 0 Å². The summed E-state index contributed by atoms with van der Waals surface area (Å²) in [5.41, 5.74) is 2.81. The molecule has 1 nitrogen and oxygen atoms in total. The normalized spacial score (nSPS) is 15.2. The zero-order valence-corrected chi connectivity index (χ0v) is 18.1. The first-order chi connectivity index (χ1) is 11.5. The summed E-state index contributed by atoms with van der Waals surface area (Å²) in [5.74, 6) is 1.76. The summed E-state index contributed by atoms with van der Waals surface area (Å²) in [6, 6.07) is 6.39. The second kappa shape index (κ2) is 9.10. The van der Waals surface area contributed by atoms with E-state index in [0.29, 0.717) is 17.6 Å². The first-order valence-corrected chi connectivity index (χ1v) is 10.3. The molecule has 0 spiro atoms. The summed E-state index contributed by atoms with van der Waals surface area (Å²) in [6.07, 6.45) is 6.78. The average Bonchev–Trinajstić information content (AvgIpc) is 2.48. The Balaban J connectivity index is 3.05. The lowest BCUT2D eigenvalue weighted by molar-refractivity contribution is 0.217. The zero-order chi connectivity index (χ0) is 19.3. The van der Waals surface area contributed by atoms with Crippen molar-refractivity contribution in [1.29, 1.82) is 0 Å². The molecule has 0 amide bonds. The lowest BCUT2D eigenvalue weighted by atomic mass is 9.73. The van der Waals surface area contributed by atoms with E-state index in [1.165, 1.54) is 25.7 Å². The van der Waals surface area contributed by atoms with Crippen molar-refractivity contribution < 1.29 is 5.11 Å². The van der Waals surface area contributed by atoms with Crippen molar-refractivity contribution in [1.82, 2.24) is 0 Å². The third-order valence-electron chi connectivity index (χ3n) is 5.86. The molecule has 0 heterocycles. The maximum Gasteiger partial charge on any atom is 0.121 e. The second-order valence-electron chi connectivity index (χ2n) is 10.0. The number of benzene rings is 1. The van der Waals surface area contributed by atoms with Crippen LogP contribution in [0.5, 0.6) is 5.75 Å². The van der Waals surface area contributed by atoms with Crippen LogP contribution >= 0.6 is 0 Å². The molecule has 1 N–H and O–H groups in total. The van der Waals surface area contributed by atoms with Gasteiger partial charge in [-0.05, 0) is 59.5 Å². The second-order valence-corrected chi connectivity index (χ2v) is 10.0. The van der Waals surface area contributed by atoms with E-state index in [4.69, 9.17) is 0 Å². The summed E-state index contributed by atoms with van der Waals surface area (Å²) >= 11 is 0. The van der Waals surface area contributed by atoms with E-state index < -0.39 is 0 Å². The zero-order valence-electron chi connectivity index (χ0n) is 18.1. The molecule has 0 radical (unpaired) electrons. The topological polar surface area (TPSA) is 20.2 Å². The van der Waals surface area contributed by atoms with Gasteiger partial charge in [-0.2, -0.15) is 0 Å². The molecule has 25 heavy (non-hydrogen) atoms. The van der Waals surface area contributed by atoms with E-state index in [0.717, 1.165) is 24.0 Å². The highest BCUT2D eigenvalue weighted by molar-refractivity contribution is 5.41. The highest BCUT2D eigenvalue weighted by atomic mass is 16.3. The predicted octanol–water partition coefficient (Wildman–Crippen LogP) is 7.40. The van der Waals surface area contributed by atoms with E-state index in [2.05, 4.69) is 73.6 Å². The van der Waals surface area contributed by atoms with E-state index >= 15 is 0 Å². The van der Waals surface area contributed by atoms with Crippen LogP contribution in [0.3, 0.4) is 0 Å². The van der Waals surface area contributed by atoms with Crippen LogP contribution in [-0.2, 0) is 12.8 Å². The molecule has 144 valence electrons. The lowest BCUT2D eigenvalue weighted by Crippen LogP contribution is -2.23. The first-order valence-electron chi connectivity index (χ1n) is 10.3. The van der Waals surface area contributed by atoms with Crippen LogP contribution in [0.2, 0.25) is 0 Å². The van der Waals surface area contributed by atoms with Crippen molar-refractivity contribution in [2.75, 3.05) is 0 Å². The minimum Gasteiger partial charge on any atom is -0.507 e. The van der Waals surface area contributed by atoms with Crippen molar-refractivity contribution in [2.45, 2.75) is 93.9 Å². The first kappa shape index (κ1) is 22.1. The third-order valence-corrected chi connectivity index (χ3v) is 5.86. The van der Waals surface area contributed by atoms with Gasteiger partial charge in [0.25, 0.3) is 0 Å². The largest absolute Gasteiger partial charge is 0.507 e. The Hall–Kier alpha value is -0.980. The van der Waals surface area contributed by atoms with Crippen LogP contribution in [0.25, 0.3) is 0 Å². The monoisotopic (exact) mass is 346 g/mol. The SMILES string of the molecule is CCCC(Cc1cccc(CC(CCC)C(C)(C)C)c1O)C(C)(C)C. The van der Waals surface area contributed by atoms with Gasteiger partial charge in [0.1, 0.15) is 5.75 Å². The fraction of sp³-hybridized carbons (Fsp3) is 0.750. The van der Waals surface area contributed by atoms with Gasteiger partial charge in [-0.15, -0.1) is 0 Å². The molecule has 0 aliphatic carbocycles. The fourth-order valence-corrected chi connectivity index (χ4v) is 3.88. The Labute approximate surface area is 157 Å². The number of hydrogen-bond acceptors (Lipinski definition) is 1. The molecule has 1 aromatic rings. The number of rotatable bonds is 8. The van der Waals surface area contributed by atoms with Crippen molar-refractivity contribution in [3.8, 4) is 5.75 Å². The highest BCUT2D eigenvalue weighted by Crippen LogP contribution is 2.38. The van der Waals surface area contributed by atoms with Gasteiger partial charge in [0.2, 0.25) is 0 Å². The van der Waals surface area contributed by atoms with E-state index in [1.807, 2.05) is 0 Å². The number of phenolic OH excluding ortho intramolecular Hbond substituents is 1. The van der Waals surface area contributed by atoms with E-state index in [-0.39, 0.29) is 10.8 Å². The van der Waals surface area contributed by atoms with Crippen molar-refractivity contribution in [3.05, 3.63) is 29.3 Å². The van der Waals surface area contributed by atoms with Gasteiger partial charge in [-0.3, -0.25) is 0 Å². The molecule has 0 aliphatic heterocycles. The molecular formula is C24H42O. The highest BCUT2D eigenvalue weighted by Gasteiger charge is 2.27. The van der Waals surface area contributed by atoms with Crippen LogP contribution in [0, 0.1) is 22.7 Å². The summed E-state index contributed by atoms with van der Waals surface area (Å²) in [6.45, 7) is 18.5. The molecule has 0 saturated heterocycles. The fourth-order valence-electron chi connectivity index (χ4n) is 3.88. The Kier molecular flexibility index (Phi) is 8.03. The third kappa shape index (κ3) is 6.68. The average molecular weight is 347 g/mol. The maximum absolute atomic E-state index is 11.0. The van der Waals surface area contributed by atoms with Crippen molar-refractivity contribution >= 4 is 0 Å². The molecule has 0 fully saturated rings. The summed E-state index contributed by atoms with van der Waals surface area (Å²) in [5, 5.41) is 11.0. The Bertz CT molecular complexity index is 472. The molecular weight excluding hydrogens is 304 g/mol. The van der Waals surface area contributed by atoms with E-state index in [9.17, 15) is 5.11 Å². The standard InChI is InChI=1S/C24H42O/c1-9-12-20(23(3,4)5)16-18-14-11-15-19(22(18)25)17-21(13-10-2)24(6,7)8/h11,14-15,20-21,25H,9-10,12-13,16-17H2,1-8H3. The molecule has 0 aliphatic rings. The Morgan fingerprint density at radius 1 is 0.760 bits per heavy atom. The molecule has 2 atom stereocenters. The van der Waals surface area contributed by atoms with Crippen LogP contribution < -0.4 is 0 Å². The molecule has 1 heteroatoms. The minimum atomic E-state index is 0.272. The van der Waals surface area contributed by atoms with Crippen LogP contribution in [-0.4, -0.2) is 5.11 Å². The summed E-state index contributed by atoms with van der Waals surface area (Å²) in [4.78, 5) is 0. The number of hydrogen-bond donors (Lipinski definition) is 1. The Morgan fingerprint density at radius 2 is 1.12 bits per heavy atom. The van der Waals surface area contributed by atoms with Gasteiger partial charge in [-0.25, -0.2) is 0 Å². The molecule has 0 bridgehead atoms. The molecule has 1 aromatic carbocycles. The maximum atomic E-state index is 11.0. The van der Waals surface area contributed by atoms with Crippen LogP contribution in [0.4, 0.5) is 0 Å². The van der Waals surface area contributed by atoms with Crippen molar-refractivity contribution in [3.63, 3.8) is 0 Å². The molecule has 1 rings (SSSR count). The van der Waals surface area contributed by atoms with Gasteiger partial charge in [0.05, 0.1) is 0 Å². The summed E-state index contributed by atoms with van der Waals surface area (Å²) in [7, 11) is 0. The predicted molar refractivity (Wildman–Crippen MR) is 111 cm³/mol. The van der Waals surface area contributed by atoms with Crippen LogP contribution in [0.15, 0.2) is 18.2 Å².